The summed E-state index contributed by atoms with van der Waals surface area (Å²) in [5.74, 6) is 0. The van der Waals surface area contributed by atoms with Crippen LogP contribution in [-0.4, -0.2) is 16.1 Å². The number of para-hydroxylation sites is 1. The number of nitrogens with one attached hydrogen (secondary N) is 1. The minimum absolute atomic E-state index is 0.506. The lowest BCUT2D eigenvalue weighted by Crippen LogP contribution is -2.06. The van der Waals surface area contributed by atoms with Crippen LogP contribution in [0.5, 0.6) is 0 Å². The van der Waals surface area contributed by atoms with Crippen LogP contribution in [0.1, 0.15) is 51.1 Å². The zero-order valence-corrected chi connectivity index (χ0v) is 13.1. The Hall–Kier alpha value is -1.77. The molecule has 1 atom stereocenters. The van der Waals surface area contributed by atoms with Crippen LogP contribution in [0.15, 0.2) is 30.7 Å². The Morgan fingerprint density at radius 2 is 2.24 bits per heavy atom. The smallest absolute Gasteiger partial charge is 0.0953 e. The molecule has 0 radical (unpaired) electrons. The molecule has 1 unspecified atom stereocenters. The van der Waals surface area contributed by atoms with E-state index in [0.29, 0.717) is 6.04 Å². The summed E-state index contributed by atoms with van der Waals surface area (Å²) in [6, 6.07) is 7.11. The van der Waals surface area contributed by atoms with E-state index in [1.807, 2.05) is 12.5 Å². The van der Waals surface area contributed by atoms with Crippen LogP contribution in [0.25, 0.3) is 11.3 Å². The summed E-state index contributed by atoms with van der Waals surface area (Å²) in [4.78, 5) is 4.41. The van der Waals surface area contributed by atoms with E-state index in [0.717, 1.165) is 13.0 Å². The lowest BCUT2D eigenvalue weighted by Gasteiger charge is -2.18. The molecule has 1 aliphatic rings. The van der Waals surface area contributed by atoms with Crippen molar-refractivity contribution in [2.24, 2.45) is 0 Å². The summed E-state index contributed by atoms with van der Waals surface area (Å²) in [5.41, 5.74) is 5.27. The quantitative estimate of drug-likeness (QED) is 0.781. The zero-order chi connectivity index (χ0) is 14.7. The first kappa shape index (κ1) is 14.2. The number of aromatic nitrogens is 2. The summed E-state index contributed by atoms with van der Waals surface area (Å²) in [6.07, 6.45) is 10.2. The second kappa shape index (κ2) is 6.33. The minimum atomic E-state index is 0.506. The van der Waals surface area contributed by atoms with Crippen LogP contribution in [-0.2, 0) is 6.42 Å². The largest absolute Gasteiger partial charge is 0.384 e. The molecule has 0 spiro atoms. The Bertz CT molecular complexity index is 600. The average molecular weight is 283 g/mol. The standard InChI is InChI=1S/C18H25N3/c1-3-4-5-7-14(2)21-13-19-12-17(21)16-9-6-8-15-10-11-20-18(15)16/h6,8-9,12-14,20H,3-5,7,10-11H2,1-2H3. The lowest BCUT2D eigenvalue weighted by atomic mass is 10.0. The van der Waals surface area contributed by atoms with Gasteiger partial charge < -0.3 is 9.88 Å². The molecule has 2 heterocycles. The normalized spacial score (nSPS) is 14.8. The molecule has 0 fully saturated rings. The van der Waals surface area contributed by atoms with Gasteiger partial charge in [0.2, 0.25) is 0 Å². The van der Waals surface area contributed by atoms with Crippen LogP contribution in [0, 0.1) is 0 Å². The van der Waals surface area contributed by atoms with E-state index >= 15 is 0 Å². The maximum Gasteiger partial charge on any atom is 0.0953 e. The number of fused-ring (bicyclic) bond motifs is 1. The Balaban J connectivity index is 1.87. The number of hydrogen-bond donors (Lipinski definition) is 1. The van der Waals surface area contributed by atoms with Gasteiger partial charge in [0, 0.05) is 23.8 Å². The number of imidazole rings is 1. The molecule has 0 amide bonds. The molecule has 1 aromatic carbocycles. The molecule has 112 valence electrons. The molecule has 0 aliphatic carbocycles. The third kappa shape index (κ3) is 2.82. The van der Waals surface area contributed by atoms with Crippen LogP contribution < -0.4 is 5.32 Å². The van der Waals surface area contributed by atoms with Crippen molar-refractivity contribution in [3.8, 4) is 11.3 Å². The number of rotatable bonds is 6. The summed E-state index contributed by atoms with van der Waals surface area (Å²) in [5, 5.41) is 3.53. The molecule has 3 rings (SSSR count). The van der Waals surface area contributed by atoms with Crippen molar-refractivity contribution in [2.45, 2.75) is 52.0 Å². The van der Waals surface area contributed by atoms with Gasteiger partial charge in [-0.2, -0.15) is 0 Å². The molecular formula is C18H25N3. The summed E-state index contributed by atoms with van der Waals surface area (Å²) in [6.45, 7) is 5.61. The molecule has 0 bridgehead atoms. The van der Waals surface area contributed by atoms with Gasteiger partial charge in [0.1, 0.15) is 0 Å². The van der Waals surface area contributed by atoms with Crippen LogP contribution in [0.2, 0.25) is 0 Å². The minimum Gasteiger partial charge on any atom is -0.384 e. The SMILES string of the molecule is CCCCCC(C)n1cncc1-c1cccc2c1NCC2. The van der Waals surface area contributed by atoms with E-state index in [2.05, 4.69) is 46.9 Å². The fraction of sp³-hybridized carbons (Fsp3) is 0.500. The van der Waals surface area contributed by atoms with Crippen molar-refractivity contribution < 1.29 is 0 Å². The molecule has 1 aromatic heterocycles. The topological polar surface area (TPSA) is 29.9 Å². The number of anilines is 1. The van der Waals surface area contributed by atoms with Crippen LogP contribution >= 0.6 is 0 Å². The van der Waals surface area contributed by atoms with E-state index in [9.17, 15) is 0 Å². The Morgan fingerprint density at radius 1 is 1.33 bits per heavy atom. The third-order valence-corrected chi connectivity index (χ3v) is 4.49. The average Bonchev–Trinajstić information content (AvgIpc) is 3.15. The predicted molar refractivity (Wildman–Crippen MR) is 88.7 cm³/mol. The molecule has 21 heavy (non-hydrogen) atoms. The monoisotopic (exact) mass is 283 g/mol. The summed E-state index contributed by atoms with van der Waals surface area (Å²) < 4.78 is 2.34. The van der Waals surface area contributed by atoms with Crippen molar-refractivity contribution in [3.63, 3.8) is 0 Å². The molecule has 2 aromatic rings. The number of benzene rings is 1. The van der Waals surface area contributed by atoms with Gasteiger partial charge in [-0.25, -0.2) is 4.98 Å². The maximum atomic E-state index is 4.41. The van der Waals surface area contributed by atoms with Crippen LogP contribution in [0.4, 0.5) is 5.69 Å². The molecule has 0 saturated carbocycles. The van der Waals surface area contributed by atoms with E-state index in [4.69, 9.17) is 0 Å². The number of unbranched alkanes of at least 4 members (excludes halogenated alkanes) is 2. The first-order chi connectivity index (χ1) is 10.3. The van der Waals surface area contributed by atoms with E-state index in [1.165, 1.54) is 48.2 Å². The van der Waals surface area contributed by atoms with Crippen molar-refractivity contribution >= 4 is 5.69 Å². The number of hydrogen-bond acceptors (Lipinski definition) is 2. The van der Waals surface area contributed by atoms with Gasteiger partial charge >= 0.3 is 0 Å². The van der Waals surface area contributed by atoms with Crippen molar-refractivity contribution in [1.29, 1.82) is 0 Å². The Kier molecular flexibility index (Phi) is 4.28. The highest BCUT2D eigenvalue weighted by Gasteiger charge is 2.18. The fourth-order valence-corrected chi connectivity index (χ4v) is 3.25. The first-order valence-electron chi connectivity index (χ1n) is 8.19. The van der Waals surface area contributed by atoms with Gasteiger partial charge in [-0.05, 0) is 25.3 Å². The predicted octanol–water partition coefficient (Wildman–Crippen LogP) is 4.66. The Morgan fingerprint density at radius 3 is 3.10 bits per heavy atom. The van der Waals surface area contributed by atoms with E-state index < -0.39 is 0 Å². The second-order valence-corrected chi connectivity index (χ2v) is 6.05. The van der Waals surface area contributed by atoms with Crippen molar-refractivity contribution in [2.75, 3.05) is 11.9 Å². The maximum absolute atomic E-state index is 4.41. The molecule has 3 nitrogen and oxygen atoms in total. The number of nitrogens with zero attached hydrogens (tertiary/aromatic N) is 2. The van der Waals surface area contributed by atoms with E-state index in [-0.39, 0.29) is 0 Å². The van der Waals surface area contributed by atoms with E-state index in [1.54, 1.807) is 0 Å². The summed E-state index contributed by atoms with van der Waals surface area (Å²) in [7, 11) is 0. The fourth-order valence-electron chi connectivity index (χ4n) is 3.25. The van der Waals surface area contributed by atoms with Crippen molar-refractivity contribution in [3.05, 3.63) is 36.3 Å². The molecular weight excluding hydrogens is 258 g/mol. The van der Waals surface area contributed by atoms with Gasteiger partial charge in [-0.1, -0.05) is 44.4 Å². The molecule has 0 saturated heterocycles. The Labute approximate surface area is 127 Å². The molecule has 1 N–H and O–H groups in total. The summed E-state index contributed by atoms with van der Waals surface area (Å²) >= 11 is 0. The van der Waals surface area contributed by atoms with Crippen molar-refractivity contribution in [1.82, 2.24) is 9.55 Å². The highest BCUT2D eigenvalue weighted by atomic mass is 15.1. The first-order valence-corrected chi connectivity index (χ1v) is 8.19. The molecule has 3 heteroatoms. The van der Waals surface area contributed by atoms with Gasteiger partial charge in [-0.15, -0.1) is 0 Å². The van der Waals surface area contributed by atoms with Gasteiger partial charge in [0.05, 0.1) is 18.2 Å². The third-order valence-electron chi connectivity index (χ3n) is 4.49. The highest BCUT2D eigenvalue weighted by Crippen LogP contribution is 2.35. The van der Waals surface area contributed by atoms with Gasteiger partial charge in [0.15, 0.2) is 0 Å². The zero-order valence-electron chi connectivity index (χ0n) is 13.1. The van der Waals surface area contributed by atoms with Gasteiger partial charge in [0.25, 0.3) is 0 Å². The lowest BCUT2D eigenvalue weighted by molar-refractivity contribution is 0.480. The molecule has 1 aliphatic heterocycles. The highest BCUT2D eigenvalue weighted by molar-refractivity contribution is 5.79. The van der Waals surface area contributed by atoms with Crippen LogP contribution in [0.3, 0.4) is 0 Å². The van der Waals surface area contributed by atoms with Gasteiger partial charge in [-0.3, -0.25) is 0 Å². The second-order valence-electron chi connectivity index (χ2n) is 6.05.